The van der Waals surface area contributed by atoms with Gasteiger partial charge in [-0.3, -0.25) is 18.6 Å². The average Bonchev–Trinajstić information content (AvgIpc) is 3.23. The number of carbonyl (C=O) groups is 2. The molecule has 0 saturated carbocycles. The molecule has 0 spiro atoms. The number of hydrogen-bond donors (Lipinski definition) is 1. The van der Waals surface area contributed by atoms with Gasteiger partial charge in [-0.2, -0.15) is 0 Å². The van der Waals surface area contributed by atoms with Crippen molar-refractivity contribution in [1.82, 2.24) is 0 Å². The molecular formula is C52H99NO8P+. The number of allylic oxidation sites excluding steroid dienone is 6. The average molecular weight is 897 g/mol. The van der Waals surface area contributed by atoms with Gasteiger partial charge in [-0.1, -0.05) is 185 Å². The first kappa shape index (κ1) is 60.2. The van der Waals surface area contributed by atoms with E-state index < -0.39 is 32.5 Å². The molecule has 1 N–H and O–H groups in total. The number of phosphoric ester groups is 1. The fourth-order valence-electron chi connectivity index (χ4n) is 7.09. The van der Waals surface area contributed by atoms with Crippen molar-refractivity contribution in [3.05, 3.63) is 36.5 Å². The molecule has 9 nitrogen and oxygen atoms in total. The van der Waals surface area contributed by atoms with Crippen LogP contribution >= 0.6 is 7.82 Å². The molecule has 0 aromatic carbocycles. The maximum atomic E-state index is 12.7. The van der Waals surface area contributed by atoms with Gasteiger partial charge in [-0.05, 0) is 70.6 Å². The summed E-state index contributed by atoms with van der Waals surface area (Å²) in [5.41, 5.74) is 0. The number of unbranched alkanes of at least 4 members (excludes halogenated alkanes) is 27. The molecule has 0 aromatic rings. The summed E-state index contributed by atoms with van der Waals surface area (Å²) >= 11 is 0. The molecule has 0 bridgehead atoms. The molecule has 0 aromatic heterocycles. The summed E-state index contributed by atoms with van der Waals surface area (Å²) in [4.78, 5) is 35.5. The van der Waals surface area contributed by atoms with E-state index >= 15 is 0 Å². The summed E-state index contributed by atoms with van der Waals surface area (Å²) in [7, 11) is 1.46. The highest BCUT2D eigenvalue weighted by molar-refractivity contribution is 7.47. The molecule has 0 heterocycles. The van der Waals surface area contributed by atoms with Gasteiger partial charge in [0.2, 0.25) is 0 Å². The zero-order chi connectivity index (χ0) is 45.7. The summed E-state index contributed by atoms with van der Waals surface area (Å²) in [6.45, 7) is 4.39. The Labute approximate surface area is 382 Å². The van der Waals surface area contributed by atoms with Crippen LogP contribution in [0.3, 0.4) is 0 Å². The Hall–Kier alpha value is -1.77. The maximum Gasteiger partial charge on any atom is 0.472 e. The molecule has 364 valence electrons. The van der Waals surface area contributed by atoms with Crippen molar-refractivity contribution in [2.75, 3.05) is 47.5 Å². The van der Waals surface area contributed by atoms with Crippen LogP contribution in [0.15, 0.2) is 36.5 Å². The van der Waals surface area contributed by atoms with Crippen molar-refractivity contribution in [2.24, 2.45) is 0 Å². The van der Waals surface area contributed by atoms with Gasteiger partial charge in [0.1, 0.15) is 19.8 Å². The first-order chi connectivity index (χ1) is 30.0. The minimum Gasteiger partial charge on any atom is -0.462 e. The number of carbonyl (C=O) groups excluding carboxylic acids is 2. The number of hydrogen-bond acceptors (Lipinski definition) is 7. The number of nitrogens with zero attached hydrogens (tertiary/aromatic N) is 1. The second kappa shape index (κ2) is 44.4. The second-order valence-electron chi connectivity index (χ2n) is 18.5. The van der Waals surface area contributed by atoms with E-state index in [1.165, 1.54) is 141 Å². The third kappa shape index (κ3) is 47.7. The number of ether oxygens (including phenoxy) is 2. The fraction of sp³-hybridized carbons (Fsp3) is 0.846. The van der Waals surface area contributed by atoms with E-state index in [4.69, 9.17) is 18.5 Å². The van der Waals surface area contributed by atoms with Gasteiger partial charge >= 0.3 is 19.8 Å². The van der Waals surface area contributed by atoms with Gasteiger partial charge in [0.15, 0.2) is 6.10 Å². The molecule has 1 unspecified atom stereocenters. The highest BCUT2D eigenvalue weighted by Gasteiger charge is 2.27. The van der Waals surface area contributed by atoms with E-state index in [1.54, 1.807) is 0 Å². The third-order valence-electron chi connectivity index (χ3n) is 11.1. The smallest absolute Gasteiger partial charge is 0.462 e. The van der Waals surface area contributed by atoms with Crippen LogP contribution in [-0.4, -0.2) is 74.9 Å². The van der Waals surface area contributed by atoms with Crippen LogP contribution in [0, 0.1) is 0 Å². The Morgan fingerprint density at radius 3 is 1.31 bits per heavy atom. The quantitative estimate of drug-likeness (QED) is 0.0212. The van der Waals surface area contributed by atoms with Gasteiger partial charge in [-0.15, -0.1) is 0 Å². The highest BCUT2D eigenvalue weighted by atomic mass is 31.2. The zero-order valence-corrected chi connectivity index (χ0v) is 42.0. The SMILES string of the molecule is CCCCCC/C=C/CCCCCCCCCC(=O)O[C@@H](COC(=O)CCC/C=C/CC/C=C/CCCCCCCCCCCCCCCC)COP(=O)(O)OCC[N+](C)(C)C. The Bertz CT molecular complexity index is 1150. The Balaban J connectivity index is 4.27. The van der Waals surface area contributed by atoms with Crippen molar-refractivity contribution in [1.29, 1.82) is 0 Å². The lowest BCUT2D eigenvalue weighted by molar-refractivity contribution is -0.870. The number of quaternary nitrogens is 1. The molecule has 0 rings (SSSR count). The number of likely N-dealkylation sites (N-methyl/N-ethyl adjacent to an activating group) is 1. The molecule has 2 atom stereocenters. The molecule has 0 aliphatic rings. The van der Waals surface area contributed by atoms with Crippen LogP contribution in [0.2, 0.25) is 0 Å². The van der Waals surface area contributed by atoms with Gasteiger partial charge in [0.25, 0.3) is 0 Å². The first-order valence-electron chi connectivity index (χ1n) is 25.7. The molecule has 0 saturated heterocycles. The van der Waals surface area contributed by atoms with Gasteiger partial charge < -0.3 is 18.9 Å². The standard InChI is InChI=1S/C52H98NO8P/c1-6-8-10-12-14-16-18-20-22-23-24-25-26-27-28-29-31-32-34-36-38-40-42-44-51(54)58-48-50(49-60-62(56,57)59-47-46-53(3,4)5)61-52(55)45-43-41-39-37-35-33-30-21-19-17-15-13-11-9-7-2/h17,19,29,31,36,38,50H,6-16,18,20-28,30,32-35,37,39-49H2,1-5H3/p+1/b19-17+,31-29+,38-36+/t50-/m0/s1. The van der Waals surface area contributed by atoms with E-state index in [2.05, 4.69) is 50.3 Å². The fourth-order valence-corrected chi connectivity index (χ4v) is 7.83. The van der Waals surface area contributed by atoms with Crippen LogP contribution < -0.4 is 0 Å². The molecular weight excluding hydrogens is 798 g/mol. The third-order valence-corrected chi connectivity index (χ3v) is 12.1. The summed E-state index contributed by atoms with van der Waals surface area (Å²) in [5, 5.41) is 0. The van der Waals surface area contributed by atoms with Crippen molar-refractivity contribution >= 4 is 19.8 Å². The molecule has 0 aliphatic heterocycles. The molecule has 0 aliphatic carbocycles. The van der Waals surface area contributed by atoms with Crippen molar-refractivity contribution in [3.8, 4) is 0 Å². The number of phosphoric acid groups is 1. The number of rotatable bonds is 47. The normalized spacial score (nSPS) is 13.7. The minimum atomic E-state index is -4.39. The van der Waals surface area contributed by atoms with Crippen LogP contribution in [0.4, 0.5) is 0 Å². The largest absolute Gasteiger partial charge is 0.472 e. The van der Waals surface area contributed by atoms with E-state index in [1.807, 2.05) is 21.1 Å². The maximum absolute atomic E-state index is 12.7. The number of esters is 2. The van der Waals surface area contributed by atoms with Crippen LogP contribution in [-0.2, 0) is 32.7 Å². The first-order valence-corrected chi connectivity index (χ1v) is 27.2. The lowest BCUT2D eigenvalue weighted by atomic mass is 10.0. The van der Waals surface area contributed by atoms with Crippen LogP contribution in [0.5, 0.6) is 0 Å². The van der Waals surface area contributed by atoms with Crippen molar-refractivity contribution in [3.63, 3.8) is 0 Å². The lowest BCUT2D eigenvalue weighted by Gasteiger charge is -2.24. The minimum absolute atomic E-state index is 0.0255. The molecule has 0 fully saturated rings. The summed E-state index contributed by atoms with van der Waals surface area (Å²) in [6, 6.07) is 0. The zero-order valence-electron chi connectivity index (χ0n) is 41.1. The summed E-state index contributed by atoms with van der Waals surface area (Å²) < 4.78 is 34.4. The topological polar surface area (TPSA) is 108 Å². The molecule has 62 heavy (non-hydrogen) atoms. The summed E-state index contributed by atoms with van der Waals surface area (Å²) in [6.07, 6.45) is 52.1. The van der Waals surface area contributed by atoms with E-state index in [-0.39, 0.29) is 26.1 Å². The predicted molar refractivity (Wildman–Crippen MR) is 261 cm³/mol. The summed E-state index contributed by atoms with van der Waals surface area (Å²) in [5.74, 6) is -0.847. The predicted octanol–water partition coefficient (Wildman–Crippen LogP) is 15.3. The second-order valence-corrected chi connectivity index (χ2v) is 20.0. The van der Waals surface area contributed by atoms with Crippen LogP contribution in [0.1, 0.15) is 232 Å². The lowest BCUT2D eigenvalue weighted by Crippen LogP contribution is -2.37. The van der Waals surface area contributed by atoms with Crippen LogP contribution in [0.25, 0.3) is 0 Å². The van der Waals surface area contributed by atoms with Gasteiger partial charge in [0.05, 0.1) is 27.7 Å². The van der Waals surface area contributed by atoms with E-state index in [9.17, 15) is 19.0 Å². The molecule has 0 amide bonds. The molecule has 10 heteroatoms. The monoisotopic (exact) mass is 897 g/mol. The van der Waals surface area contributed by atoms with E-state index in [0.29, 0.717) is 23.9 Å². The van der Waals surface area contributed by atoms with Crippen molar-refractivity contribution in [2.45, 2.75) is 238 Å². The molecule has 0 radical (unpaired) electrons. The van der Waals surface area contributed by atoms with E-state index in [0.717, 1.165) is 51.4 Å². The Kier molecular flexibility index (Phi) is 43.2. The Morgan fingerprint density at radius 2 is 0.855 bits per heavy atom. The van der Waals surface area contributed by atoms with Gasteiger partial charge in [-0.25, -0.2) is 4.57 Å². The van der Waals surface area contributed by atoms with Gasteiger partial charge in [0, 0.05) is 12.8 Å². The van der Waals surface area contributed by atoms with Crippen molar-refractivity contribution < 1.29 is 42.1 Å². The Morgan fingerprint density at radius 1 is 0.484 bits per heavy atom. The highest BCUT2D eigenvalue weighted by Crippen LogP contribution is 2.43.